The number of carbonyl (C=O) groups is 3. The number of aliphatic hydroxyl groups excluding tert-OH is 1. The summed E-state index contributed by atoms with van der Waals surface area (Å²) < 4.78 is 0. The summed E-state index contributed by atoms with van der Waals surface area (Å²) in [5.41, 5.74) is 10.7. The maximum atomic E-state index is 13.7. The van der Waals surface area contributed by atoms with Gasteiger partial charge in [-0.3, -0.25) is 14.4 Å². The van der Waals surface area contributed by atoms with E-state index in [9.17, 15) is 19.5 Å². The van der Waals surface area contributed by atoms with Gasteiger partial charge in [-0.1, -0.05) is 12.1 Å². The SMILES string of the molecule is Cc1c(C(=O)NC2CC3CCC(C2)N3c2ccc(C(=O)N[C@@H](C)c3ccc(N4CCN(C)CC4)cc3)cn2)ccc(C(N)=O)c1N[C@H]1CC[C@H](O)CC1. The van der Waals surface area contributed by atoms with Crippen LogP contribution in [0.4, 0.5) is 17.2 Å². The van der Waals surface area contributed by atoms with Crippen molar-refractivity contribution in [3.8, 4) is 0 Å². The monoisotopic (exact) mass is 722 g/mol. The van der Waals surface area contributed by atoms with Crippen LogP contribution in [0.25, 0.3) is 0 Å². The molecule has 2 aromatic carbocycles. The Kier molecular flexibility index (Phi) is 10.9. The van der Waals surface area contributed by atoms with Gasteiger partial charge in [0.15, 0.2) is 0 Å². The molecule has 53 heavy (non-hydrogen) atoms. The molecule has 3 aromatic rings. The third-order valence-electron chi connectivity index (χ3n) is 12.0. The zero-order valence-corrected chi connectivity index (χ0v) is 31.2. The topological polar surface area (TPSA) is 156 Å². The predicted octanol–water partition coefficient (Wildman–Crippen LogP) is 4.38. The largest absolute Gasteiger partial charge is 0.393 e. The minimum Gasteiger partial charge on any atom is -0.393 e. The number of pyridine rings is 1. The molecule has 0 spiro atoms. The van der Waals surface area contributed by atoms with Crippen LogP contribution in [-0.2, 0) is 0 Å². The second-order valence-corrected chi connectivity index (χ2v) is 15.6. The van der Waals surface area contributed by atoms with Crippen LogP contribution in [0.15, 0.2) is 54.7 Å². The van der Waals surface area contributed by atoms with Crippen LogP contribution in [0.5, 0.6) is 0 Å². The normalized spacial score (nSPS) is 25.1. The lowest BCUT2D eigenvalue weighted by atomic mass is 9.91. The van der Waals surface area contributed by atoms with Crippen molar-refractivity contribution in [3.63, 3.8) is 0 Å². The van der Waals surface area contributed by atoms with E-state index in [1.54, 1.807) is 18.3 Å². The standard InChI is InChI=1S/C41H54N8O4/c1-25-35(15-16-36(39(42)51)38(25)45-29-7-13-34(50)14-8-29)41(53)46-30-22-32-11-12-33(23-30)49(32)37-17-6-28(24-43-37)40(52)44-26(2)27-4-9-31(10-5-27)48-20-18-47(3)19-21-48/h4-6,9-10,15-17,24,26,29-30,32-34,45,50H,7-8,11-14,18-23H2,1-3H3,(H2,42,51)(H,44,52)(H,46,53)/t26-,29-,30?,32?,33?,34-/m0/s1. The summed E-state index contributed by atoms with van der Waals surface area (Å²) in [6.45, 7) is 8.01. The van der Waals surface area contributed by atoms with E-state index in [0.717, 1.165) is 76.1 Å². The first-order valence-electron chi connectivity index (χ1n) is 19.3. The van der Waals surface area contributed by atoms with E-state index >= 15 is 0 Å². The van der Waals surface area contributed by atoms with Crippen LogP contribution in [0.1, 0.15) is 107 Å². The van der Waals surface area contributed by atoms with E-state index in [-0.39, 0.29) is 48.1 Å². The van der Waals surface area contributed by atoms with Crippen molar-refractivity contribution >= 4 is 34.9 Å². The highest BCUT2D eigenvalue weighted by Gasteiger charge is 2.42. The van der Waals surface area contributed by atoms with Crippen molar-refractivity contribution in [2.24, 2.45) is 5.73 Å². The molecule has 4 heterocycles. The first kappa shape index (κ1) is 36.7. The second-order valence-electron chi connectivity index (χ2n) is 15.6. The Labute approximate surface area is 312 Å². The minimum absolute atomic E-state index is 0.00451. The number of piperazine rings is 1. The van der Waals surface area contributed by atoms with Crippen LogP contribution in [-0.4, -0.2) is 96.2 Å². The predicted molar refractivity (Wildman–Crippen MR) is 208 cm³/mol. The zero-order chi connectivity index (χ0) is 37.2. The number of nitrogens with one attached hydrogen (secondary N) is 3. The smallest absolute Gasteiger partial charge is 0.253 e. The molecule has 3 amide bonds. The van der Waals surface area contributed by atoms with Gasteiger partial charge in [-0.2, -0.15) is 0 Å². The summed E-state index contributed by atoms with van der Waals surface area (Å²) in [5.74, 6) is 0.00289. The van der Waals surface area contributed by atoms with Crippen LogP contribution in [0.3, 0.4) is 0 Å². The number of amides is 3. The lowest BCUT2D eigenvalue weighted by Gasteiger charge is -2.40. The number of fused-ring (bicyclic) bond motifs is 2. The third kappa shape index (κ3) is 8.13. The van der Waals surface area contributed by atoms with Crippen molar-refractivity contribution in [2.45, 2.75) is 102 Å². The highest BCUT2D eigenvalue weighted by Crippen LogP contribution is 2.39. The van der Waals surface area contributed by atoms with Crippen LogP contribution in [0, 0.1) is 6.92 Å². The number of hydrogen-bond donors (Lipinski definition) is 5. The Morgan fingerprint density at radius 3 is 2.11 bits per heavy atom. The van der Waals surface area contributed by atoms with Crippen molar-refractivity contribution in [2.75, 3.05) is 48.3 Å². The molecule has 3 aliphatic heterocycles. The molecule has 1 saturated carbocycles. The second kappa shape index (κ2) is 15.7. The van der Waals surface area contributed by atoms with Crippen molar-refractivity contribution < 1.29 is 19.5 Å². The molecule has 1 aliphatic carbocycles. The number of nitrogens with two attached hydrogens (primary N) is 1. The van der Waals surface area contributed by atoms with E-state index in [4.69, 9.17) is 10.7 Å². The van der Waals surface area contributed by atoms with Gasteiger partial charge in [-0.25, -0.2) is 4.98 Å². The maximum Gasteiger partial charge on any atom is 0.253 e. The van der Waals surface area contributed by atoms with Crippen LogP contribution in [0.2, 0.25) is 0 Å². The quantitative estimate of drug-likeness (QED) is 0.205. The fourth-order valence-electron chi connectivity index (χ4n) is 8.78. The molecular formula is C41H54N8O4. The van der Waals surface area contributed by atoms with Crippen molar-refractivity contribution in [1.82, 2.24) is 20.5 Å². The van der Waals surface area contributed by atoms with E-state index < -0.39 is 5.91 Å². The highest BCUT2D eigenvalue weighted by atomic mass is 16.3. The molecular weight excluding hydrogens is 669 g/mol. The van der Waals surface area contributed by atoms with Gasteiger partial charge >= 0.3 is 0 Å². The average Bonchev–Trinajstić information content (AvgIpc) is 3.42. The summed E-state index contributed by atoms with van der Waals surface area (Å²) in [6.07, 6.45) is 7.97. The zero-order valence-electron chi connectivity index (χ0n) is 31.2. The van der Waals surface area contributed by atoms with Gasteiger partial charge in [-0.05, 0) is 120 Å². The third-order valence-corrected chi connectivity index (χ3v) is 12.0. The first-order valence-corrected chi connectivity index (χ1v) is 19.3. The fraction of sp³-hybridized carbons (Fsp3) is 0.512. The lowest BCUT2D eigenvalue weighted by Crippen LogP contribution is -2.51. The molecule has 3 saturated heterocycles. The van der Waals surface area contributed by atoms with Gasteiger partial charge < -0.3 is 41.5 Å². The van der Waals surface area contributed by atoms with Gasteiger partial charge in [0.05, 0.1) is 29.0 Å². The fourth-order valence-corrected chi connectivity index (χ4v) is 8.78. The highest BCUT2D eigenvalue weighted by molar-refractivity contribution is 6.04. The Morgan fingerprint density at radius 1 is 0.830 bits per heavy atom. The summed E-state index contributed by atoms with van der Waals surface area (Å²) in [7, 11) is 2.16. The number of aliphatic hydroxyl groups is 1. The van der Waals surface area contributed by atoms with E-state index in [1.807, 2.05) is 26.0 Å². The van der Waals surface area contributed by atoms with E-state index in [1.165, 1.54) is 5.69 Å². The van der Waals surface area contributed by atoms with Gasteiger partial charge in [0, 0.05) is 67.8 Å². The Bertz CT molecular complexity index is 1770. The molecule has 3 atom stereocenters. The van der Waals surface area contributed by atoms with E-state index in [2.05, 4.69) is 62.0 Å². The molecule has 12 nitrogen and oxygen atoms in total. The summed E-state index contributed by atoms with van der Waals surface area (Å²) >= 11 is 0. The number of likely N-dealkylation sites (N-methyl/N-ethyl adjacent to an activating group) is 1. The summed E-state index contributed by atoms with van der Waals surface area (Å²) in [4.78, 5) is 51.1. The molecule has 12 heteroatoms. The lowest BCUT2D eigenvalue weighted by molar-refractivity contribution is 0.0922. The maximum absolute atomic E-state index is 13.7. The Balaban J connectivity index is 0.945. The molecule has 4 fully saturated rings. The number of rotatable bonds is 10. The molecule has 4 aliphatic rings. The van der Waals surface area contributed by atoms with Crippen LogP contribution < -0.4 is 31.5 Å². The van der Waals surface area contributed by atoms with Gasteiger partial charge in [0.1, 0.15) is 5.82 Å². The van der Waals surface area contributed by atoms with Gasteiger partial charge in [0.2, 0.25) is 0 Å². The molecule has 1 aromatic heterocycles. The van der Waals surface area contributed by atoms with Gasteiger partial charge in [-0.15, -0.1) is 0 Å². The molecule has 2 unspecified atom stereocenters. The summed E-state index contributed by atoms with van der Waals surface area (Å²) in [6, 6.07) is 16.0. The number of benzene rings is 2. The van der Waals surface area contributed by atoms with E-state index in [0.29, 0.717) is 40.8 Å². The number of primary amides is 1. The Morgan fingerprint density at radius 2 is 1.49 bits per heavy atom. The molecule has 2 bridgehead atoms. The van der Waals surface area contributed by atoms with Gasteiger partial charge in [0.25, 0.3) is 17.7 Å². The Hall–Kier alpha value is -4.68. The van der Waals surface area contributed by atoms with Crippen molar-refractivity contribution in [1.29, 1.82) is 0 Å². The molecule has 7 rings (SSSR count). The molecule has 282 valence electrons. The minimum atomic E-state index is -0.540. The molecule has 6 N–H and O–H groups in total. The average molecular weight is 723 g/mol. The number of anilines is 3. The van der Waals surface area contributed by atoms with Crippen molar-refractivity contribution in [3.05, 3.63) is 82.5 Å². The first-order chi connectivity index (χ1) is 25.5. The number of hydrogen-bond acceptors (Lipinski definition) is 9. The molecule has 0 radical (unpaired) electrons. The number of piperidine rings is 1. The number of nitrogens with zero attached hydrogens (tertiary/aromatic N) is 4. The van der Waals surface area contributed by atoms with Crippen LogP contribution >= 0.6 is 0 Å². The number of carbonyl (C=O) groups excluding carboxylic acids is 3. The number of aromatic nitrogens is 1. The summed E-state index contributed by atoms with van der Waals surface area (Å²) in [5, 5.41) is 19.8.